The van der Waals surface area contributed by atoms with E-state index in [1.54, 1.807) is 0 Å². The number of pyridine rings is 1. The van der Waals surface area contributed by atoms with Gasteiger partial charge in [0.05, 0.1) is 5.39 Å². The second-order valence-corrected chi connectivity index (χ2v) is 5.21. The van der Waals surface area contributed by atoms with Gasteiger partial charge in [-0.1, -0.05) is 19.9 Å². The van der Waals surface area contributed by atoms with E-state index >= 15 is 0 Å². The van der Waals surface area contributed by atoms with Gasteiger partial charge in [0.15, 0.2) is 0 Å². The molecule has 0 fully saturated rings. The molecule has 1 aromatic carbocycles. The maximum atomic E-state index is 13.3. The first-order valence-electron chi connectivity index (χ1n) is 6.46. The first-order valence-corrected chi connectivity index (χ1v) is 6.46. The van der Waals surface area contributed by atoms with Crippen LogP contribution in [0.2, 0.25) is 0 Å². The minimum absolute atomic E-state index is 0.0604. The van der Waals surface area contributed by atoms with Gasteiger partial charge in [0.2, 0.25) is 0 Å². The van der Waals surface area contributed by atoms with E-state index in [2.05, 4.69) is 0 Å². The summed E-state index contributed by atoms with van der Waals surface area (Å²) in [6.07, 6.45) is 0.682. The molecule has 20 heavy (non-hydrogen) atoms. The molecule has 0 unspecified atom stereocenters. The van der Waals surface area contributed by atoms with Crippen LogP contribution in [0.1, 0.15) is 30.8 Å². The Morgan fingerprint density at radius 3 is 2.65 bits per heavy atom. The largest absolute Gasteiger partial charge is 0.477 e. The molecule has 5 heteroatoms. The molecule has 0 atom stereocenters. The van der Waals surface area contributed by atoms with Crippen molar-refractivity contribution in [2.75, 3.05) is 0 Å². The molecule has 4 nitrogen and oxygen atoms in total. The third-order valence-electron chi connectivity index (χ3n) is 3.22. The zero-order valence-electron chi connectivity index (χ0n) is 11.4. The molecule has 0 saturated carbocycles. The summed E-state index contributed by atoms with van der Waals surface area (Å²) in [5.74, 6) is -1.32. The maximum Gasteiger partial charge on any atom is 0.352 e. The Hall–Kier alpha value is -2.17. The highest BCUT2D eigenvalue weighted by Gasteiger charge is 2.15. The number of aromatic carboxylic acids is 1. The Labute approximate surface area is 115 Å². The van der Waals surface area contributed by atoms with Gasteiger partial charge in [-0.05, 0) is 35.9 Å². The fourth-order valence-corrected chi connectivity index (χ4v) is 2.11. The van der Waals surface area contributed by atoms with E-state index < -0.39 is 17.3 Å². The third kappa shape index (κ3) is 2.71. The van der Waals surface area contributed by atoms with Gasteiger partial charge < -0.3 is 9.67 Å². The van der Waals surface area contributed by atoms with E-state index in [-0.39, 0.29) is 11.1 Å². The second-order valence-electron chi connectivity index (χ2n) is 5.21. The predicted octanol–water partition coefficient (Wildman–Crippen LogP) is 2.88. The van der Waals surface area contributed by atoms with Gasteiger partial charge in [-0.3, -0.25) is 4.79 Å². The number of hydrogen-bond donors (Lipinski definition) is 1. The molecule has 0 amide bonds. The highest BCUT2D eigenvalue weighted by molar-refractivity contribution is 5.92. The molecule has 0 bridgehead atoms. The smallest absolute Gasteiger partial charge is 0.352 e. The molecule has 0 aliphatic rings. The van der Waals surface area contributed by atoms with Crippen LogP contribution >= 0.6 is 0 Å². The van der Waals surface area contributed by atoms with Crippen molar-refractivity contribution in [1.82, 2.24) is 4.57 Å². The molecule has 0 spiro atoms. The lowest BCUT2D eigenvalue weighted by Gasteiger charge is -2.13. The highest BCUT2D eigenvalue weighted by Crippen LogP contribution is 2.15. The van der Waals surface area contributed by atoms with Gasteiger partial charge in [0.25, 0.3) is 5.56 Å². The third-order valence-corrected chi connectivity index (χ3v) is 3.22. The van der Waals surface area contributed by atoms with E-state index in [1.165, 1.54) is 22.8 Å². The van der Waals surface area contributed by atoms with E-state index in [1.807, 2.05) is 13.8 Å². The number of carboxylic acids is 1. The van der Waals surface area contributed by atoms with Gasteiger partial charge in [0, 0.05) is 6.54 Å². The average molecular weight is 277 g/mol. The van der Waals surface area contributed by atoms with E-state index in [4.69, 9.17) is 0 Å². The van der Waals surface area contributed by atoms with Crippen LogP contribution in [0.25, 0.3) is 10.8 Å². The predicted molar refractivity (Wildman–Crippen MR) is 74.6 cm³/mol. The number of carboxylic acid groups (broad SMARTS) is 1. The number of fused-ring (bicyclic) bond motifs is 1. The Morgan fingerprint density at radius 1 is 1.35 bits per heavy atom. The summed E-state index contributed by atoms with van der Waals surface area (Å²) in [7, 11) is 0. The summed E-state index contributed by atoms with van der Waals surface area (Å²) in [6, 6.07) is 5.20. The number of carbonyl (C=O) groups is 1. The van der Waals surface area contributed by atoms with Crippen LogP contribution in [0.5, 0.6) is 0 Å². The van der Waals surface area contributed by atoms with E-state index in [0.29, 0.717) is 24.3 Å². The number of nitrogens with zero attached hydrogens (tertiary/aromatic N) is 1. The zero-order valence-corrected chi connectivity index (χ0v) is 11.4. The van der Waals surface area contributed by atoms with Crippen molar-refractivity contribution in [3.63, 3.8) is 0 Å². The Balaban J connectivity index is 2.68. The summed E-state index contributed by atoms with van der Waals surface area (Å²) in [6.45, 7) is 4.29. The van der Waals surface area contributed by atoms with Crippen LogP contribution in [0.3, 0.4) is 0 Å². The van der Waals surface area contributed by atoms with Gasteiger partial charge in [0.1, 0.15) is 11.5 Å². The monoisotopic (exact) mass is 277 g/mol. The van der Waals surface area contributed by atoms with Gasteiger partial charge in [-0.15, -0.1) is 0 Å². The van der Waals surface area contributed by atoms with Gasteiger partial charge >= 0.3 is 5.97 Å². The molecule has 106 valence electrons. The summed E-state index contributed by atoms with van der Waals surface area (Å²) in [4.78, 5) is 23.6. The van der Waals surface area contributed by atoms with Gasteiger partial charge in [-0.25, -0.2) is 9.18 Å². The van der Waals surface area contributed by atoms with E-state index in [0.717, 1.165) is 6.07 Å². The molecule has 1 N–H and O–H groups in total. The van der Waals surface area contributed by atoms with Crippen LogP contribution < -0.4 is 5.56 Å². The van der Waals surface area contributed by atoms with Crippen molar-refractivity contribution >= 4 is 16.7 Å². The molecule has 1 heterocycles. The first-order chi connectivity index (χ1) is 9.40. The molecule has 0 aliphatic carbocycles. The summed E-state index contributed by atoms with van der Waals surface area (Å²) in [5, 5.41) is 9.88. The number of rotatable bonds is 4. The lowest BCUT2D eigenvalue weighted by atomic mass is 10.1. The summed E-state index contributed by atoms with van der Waals surface area (Å²) < 4.78 is 14.5. The SMILES string of the molecule is CC(C)CCn1c(C(=O)O)cc2ccc(F)cc2c1=O. The van der Waals surface area contributed by atoms with Crippen LogP contribution in [-0.2, 0) is 6.54 Å². The Morgan fingerprint density at radius 2 is 2.05 bits per heavy atom. The van der Waals surface area contributed by atoms with Gasteiger partial charge in [-0.2, -0.15) is 0 Å². The molecular formula is C15H16FNO3. The van der Waals surface area contributed by atoms with Crippen LogP contribution in [0.15, 0.2) is 29.1 Å². The fraction of sp³-hybridized carbons (Fsp3) is 0.333. The fourth-order valence-electron chi connectivity index (χ4n) is 2.11. The molecule has 0 aliphatic heterocycles. The van der Waals surface area contributed by atoms with E-state index in [9.17, 15) is 19.1 Å². The molecule has 0 saturated heterocycles. The lowest BCUT2D eigenvalue weighted by Crippen LogP contribution is -2.26. The highest BCUT2D eigenvalue weighted by atomic mass is 19.1. The second kappa shape index (κ2) is 5.45. The molecule has 2 aromatic rings. The van der Waals surface area contributed by atoms with Crippen LogP contribution in [-0.4, -0.2) is 15.6 Å². The standard InChI is InChI=1S/C15H16FNO3/c1-9(2)5-6-17-13(15(19)20)7-10-3-4-11(16)8-12(10)14(17)18/h3-4,7-9H,5-6H2,1-2H3,(H,19,20). The zero-order chi connectivity index (χ0) is 14.9. The Bertz CT molecular complexity index is 719. The quantitative estimate of drug-likeness (QED) is 0.934. The number of halogens is 1. The topological polar surface area (TPSA) is 59.3 Å². The summed E-state index contributed by atoms with van der Waals surface area (Å²) in [5.41, 5.74) is -0.519. The molecule has 1 aromatic heterocycles. The number of hydrogen-bond acceptors (Lipinski definition) is 2. The minimum Gasteiger partial charge on any atom is -0.477 e. The first kappa shape index (κ1) is 14.2. The van der Waals surface area contributed by atoms with Crippen molar-refractivity contribution < 1.29 is 14.3 Å². The molecular weight excluding hydrogens is 261 g/mol. The number of aromatic nitrogens is 1. The molecule has 0 radical (unpaired) electrons. The van der Waals surface area contributed by atoms with Crippen LogP contribution in [0, 0.1) is 11.7 Å². The summed E-state index contributed by atoms with van der Waals surface area (Å²) >= 11 is 0. The van der Waals surface area contributed by atoms with Crippen molar-refractivity contribution in [2.45, 2.75) is 26.8 Å². The average Bonchev–Trinajstić information content (AvgIpc) is 2.37. The molecule has 2 rings (SSSR count). The van der Waals surface area contributed by atoms with Crippen molar-refractivity contribution in [1.29, 1.82) is 0 Å². The van der Waals surface area contributed by atoms with Crippen LogP contribution in [0.4, 0.5) is 4.39 Å². The minimum atomic E-state index is -1.16. The maximum absolute atomic E-state index is 13.3. The number of benzene rings is 1. The Kier molecular flexibility index (Phi) is 3.88. The van der Waals surface area contributed by atoms with Crippen molar-refractivity contribution in [3.05, 3.63) is 46.1 Å². The van der Waals surface area contributed by atoms with Crippen molar-refractivity contribution in [2.24, 2.45) is 5.92 Å². The normalized spacial score (nSPS) is 11.2. The lowest BCUT2D eigenvalue weighted by molar-refractivity contribution is 0.0683. The van der Waals surface area contributed by atoms with Crippen molar-refractivity contribution in [3.8, 4) is 0 Å².